The number of ether oxygens (including phenoxy) is 2. The molecule has 2 aromatic heterocycles. The van der Waals surface area contributed by atoms with Crippen molar-refractivity contribution in [2.24, 2.45) is 0 Å². The molecular formula is C55H86F6O4S2. The van der Waals surface area contributed by atoms with E-state index in [-0.39, 0.29) is 59.8 Å². The molecule has 3 rings (SSSR count). The van der Waals surface area contributed by atoms with Crippen molar-refractivity contribution >= 4 is 45.8 Å². The van der Waals surface area contributed by atoms with E-state index in [0.717, 1.165) is 74.0 Å². The van der Waals surface area contributed by atoms with E-state index in [4.69, 9.17) is 9.47 Å². The average molecular weight is 989 g/mol. The normalized spacial score (nSPS) is 15.2. The van der Waals surface area contributed by atoms with Crippen molar-refractivity contribution in [1.82, 2.24) is 0 Å². The number of aryl methyl sites for hydroxylation is 2. The minimum Gasteiger partial charge on any atom is -0.466 e. The largest absolute Gasteiger partial charge is 0.466 e. The van der Waals surface area contributed by atoms with Crippen LogP contribution in [0.1, 0.15) is 248 Å². The highest BCUT2D eigenvalue weighted by Crippen LogP contribution is 2.66. The third kappa shape index (κ3) is 18.1. The first-order valence-electron chi connectivity index (χ1n) is 26.4. The second kappa shape index (κ2) is 31.1. The molecule has 384 valence electrons. The quantitative estimate of drug-likeness (QED) is 0.0382. The maximum Gasteiger partial charge on any atom is 0.380 e. The number of hydrogen-bond donors (Lipinski definition) is 0. The van der Waals surface area contributed by atoms with Gasteiger partial charge in [0.25, 0.3) is 0 Å². The lowest BCUT2D eigenvalue weighted by Crippen LogP contribution is -2.48. The second-order valence-corrected chi connectivity index (χ2v) is 21.5. The number of carbonyl (C=O) groups excluding carboxylic acids is 2. The first kappa shape index (κ1) is 59.0. The molecular weight excluding hydrogens is 903 g/mol. The van der Waals surface area contributed by atoms with Crippen molar-refractivity contribution in [1.29, 1.82) is 0 Å². The lowest BCUT2D eigenvalue weighted by Gasteiger charge is -2.25. The van der Waals surface area contributed by atoms with Crippen LogP contribution in [-0.2, 0) is 31.9 Å². The molecule has 4 nitrogen and oxygen atoms in total. The fraction of sp³-hybridized carbons (Fsp3) is 0.782. The molecule has 0 fully saturated rings. The molecule has 0 amide bonds. The summed E-state index contributed by atoms with van der Waals surface area (Å²) in [6.45, 7) is 11.2. The Morgan fingerprint density at radius 1 is 0.403 bits per heavy atom. The van der Waals surface area contributed by atoms with E-state index in [1.165, 1.54) is 142 Å². The van der Waals surface area contributed by atoms with Crippen LogP contribution in [0.3, 0.4) is 0 Å². The van der Waals surface area contributed by atoms with Crippen molar-refractivity contribution in [3.63, 3.8) is 0 Å². The summed E-state index contributed by atoms with van der Waals surface area (Å²) in [4.78, 5) is 25.7. The van der Waals surface area contributed by atoms with E-state index in [9.17, 15) is 9.59 Å². The van der Waals surface area contributed by atoms with Crippen LogP contribution >= 0.6 is 22.7 Å². The molecule has 0 aromatic carbocycles. The Hall–Kier alpha value is -2.34. The minimum atomic E-state index is -5.69. The number of unbranched alkanes of at least 4 members (excludes halogenated alkanes) is 26. The molecule has 67 heavy (non-hydrogen) atoms. The van der Waals surface area contributed by atoms with E-state index in [2.05, 4.69) is 13.8 Å². The van der Waals surface area contributed by atoms with Gasteiger partial charge < -0.3 is 9.47 Å². The van der Waals surface area contributed by atoms with Gasteiger partial charge in [0, 0.05) is 19.5 Å². The summed E-state index contributed by atoms with van der Waals surface area (Å²) < 4.78 is 105. The van der Waals surface area contributed by atoms with Crippen LogP contribution in [-0.4, -0.2) is 42.9 Å². The SMILES string of the molecule is CCCCCCCCCCCCCCCCOC(=O)CCc1sc(C2=C(c3sc(CCC(=O)OCCCCCCCCCCCCCCCC)c(C)c3C)C(F)(F)C(F)(F)C2(F)F)c(C)c1C. The number of rotatable bonds is 38. The Bertz CT molecular complexity index is 1650. The van der Waals surface area contributed by atoms with E-state index in [1.54, 1.807) is 13.8 Å². The number of allylic oxidation sites excluding steroid dienone is 2. The predicted molar refractivity (Wildman–Crippen MR) is 268 cm³/mol. The minimum absolute atomic E-state index is 0.0537. The van der Waals surface area contributed by atoms with Crippen LogP contribution in [0.5, 0.6) is 0 Å². The Morgan fingerprint density at radius 2 is 0.657 bits per heavy atom. The summed E-state index contributed by atoms with van der Waals surface area (Å²) in [5.41, 5.74) is -1.36. The molecule has 12 heteroatoms. The fourth-order valence-electron chi connectivity index (χ4n) is 9.14. The van der Waals surface area contributed by atoms with E-state index in [0.29, 0.717) is 20.9 Å². The van der Waals surface area contributed by atoms with Gasteiger partial charge in [-0.3, -0.25) is 9.59 Å². The maximum atomic E-state index is 15.9. The number of hydrogen-bond acceptors (Lipinski definition) is 6. The lowest BCUT2D eigenvalue weighted by atomic mass is 9.98. The van der Waals surface area contributed by atoms with Crippen LogP contribution in [0.25, 0.3) is 11.1 Å². The summed E-state index contributed by atoms with van der Waals surface area (Å²) in [5.74, 6) is -17.0. The van der Waals surface area contributed by atoms with E-state index < -0.39 is 40.9 Å². The van der Waals surface area contributed by atoms with Gasteiger partial charge >= 0.3 is 29.7 Å². The van der Waals surface area contributed by atoms with E-state index in [1.807, 2.05) is 0 Å². The van der Waals surface area contributed by atoms with Crippen molar-refractivity contribution in [3.8, 4) is 0 Å². The first-order chi connectivity index (χ1) is 32.0. The maximum absolute atomic E-state index is 15.9. The number of esters is 2. The Labute approximate surface area is 409 Å². The molecule has 0 spiro atoms. The van der Waals surface area contributed by atoms with Gasteiger partial charge in [-0.25, -0.2) is 0 Å². The highest BCUT2D eigenvalue weighted by molar-refractivity contribution is 7.14. The standard InChI is InChI=1S/C55H86F6O4S2/c1-7-9-11-13-15-17-19-21-23-25-27-29-31-33-39-64-47(62)37-35-45-41(3)43(5)51(66-45)49-50(54(58,59)55(60,61)53(49,56)57)52-44(6)42(4)46(67-52)36-38-48(63)65-40-34-32-30-28-26-24-22-20-18-16-14-12-10-8-2/h7-40H2,1-6H3. The van der Waals surface area contributed by atoms with Gasteiger partial charge in [-0.1, -0.05) is 181 Å². The predicted octanol–water partition coefficient (Wildman–Crippen LogP) is 18.8. The summed E-state index contributed by atoms with van der Waals surface area (Å²) in [5, 5.41) is 0. The highest BCUT2D eigenvalue weighted by Gasteiger charge is 2.80. The lowest BCUT2D eigenvalue weighted by molar-refractivity contribution is -0.254. The van der Waals surface area contributed by atoms with Gasteiger partial charge in [0.15, 0.2) is 0 Å². The van der Waals surface area contributed by atoms with Crippen LogP contribution in [0, 0.1) is 27.7 Å². The molecule has 0 N–H and O–H groups in total. The second-order valence-electron chi connectivity index (χ2n) is 19.3. The van der Waals surface area contributed by atoms with Crippen molar-refractivity contribution in [3.05, 3.63) is 41.8 Å². The molecule has 0 aliphatic heterocycles. The van der Waals surface area contributed by atoms with Crippen LogP contribution < -0.4 is 0 Å². The molecule has 2 aromatic rings. The zero-order chi connectivity index (χ0) is 49.3. The Balaban J connectivity index is 1.51. The Kier molecular flexibility index (Phi) is 27.4. The van der Waals surface area contributed by atoms with Crippen LogP contribution in [0.4, 0.5) is 26.3 Å². The molecule has 1 aliphatic carbocycles. The molecule has 1 aliphatic rings. The Morgan fingerprint density at radius 3 is 0.925 bits per heavy atom. The monoisotopic (exact) mass is 989 g/mol. The number of alkyl halides is 6. The summed E-state index contributed by atoms with van der Waals surface area (Å²) in [7, 11) is 0. The number of carbonyl (C=O) groups is 2. The topological polar surface area (TPSA) is 52.6 Å². The number of halogens is 6. The summed E-state index contributed by atoms with van der Waals surface area (Å²) in [6.07, 6.45) is 34.0. The van der Waals surface area contributed by atoms with Crippen LogP contribution in [0.2, 0.25) is 0 Å². The van der Waals surface area contributed by atoms with Crippen molar-refractivity contribution in [2.45, 2.75) is 265 Å². The van der Waals surface area contributed by atoms with E-state index >= 15 is 26.3 Å². The zero-order valence-electron chi connectivity index (χ0n) is 42.3. The van der Waals surface area contributed by atoms with Gasteiger partial charge in [0.1, 0.15) is 0 Å². The smallest absolute Gasteiger partial charge is 0.380 e. The fourth-order valence-corrected chi connectivity index (χ4v) is 11.9. The first-order valence-corrected chi connectivity index (χ1v) is 28.1. The van der Waals surface area contributed by atoms with Crippen molar-refractivity contribution in [2.75, 3.05) is 13.2 Å². The van der Waals surface area contributed by atoms with Gasteiger partial charge in [0.2, 0.25) is 0 Å². The number of thiophene rings is 2. The van der Waals surface area contributed by atoms with Gasteiger partial charge in [-0.05, 0) is 75.6 Å². The van der Waals surface area contributed by atoms with Gasteiger partial charge in [0.05, 0.1) is 37.2 Å². The third-order valence-electron chi connectivity index (χ3n) is 13.8. The molecule has 0 saturated carbocycles. The molecule has 0 bridgehead atoms. The van der Waals surface area contributed by atoms with Gasteiger partial charge in [-0.2, -0.15) is 26.3 Å². The average Bonchev–Trinajstić information content (AvgIpc) is 3.77. The third-order valence-corrected chi connectivity index (χ3v) is 16.8. The van der Waals surface area contributed by atoms with Gasteiger partial charge in [-0.15, -0.1) is 22.7 Å². The highest BCUT2D eigenvalue weighted by atomic mass is 32.1. The molecule has 0 radical (unpaired) electrons. The molecule has 0 saturated heterocycles. The van der Waals surface area contributed by atoms with Crippen LogP contribution in [0.15, 0.2) is 0 Å². The molecule has 0 atom stereocenters. The summed E-state index contributed by atoms with van der Waals surface area (Å²) >= 11 is 1.52. The van der Waals surface area contributed by atoms with Crippen molar-refractivity contribution < 1.29 is 45.4 Å². The summed E-state index contributed by atoms with van der Waals surface area (Å²) in [6, 6.07) is 0. The molecule has 0 unspecified atom stereocenters. The zero-order valence-corrected chi connectivity index (χ0v) is 43.9. The molecule has 2 heterocycles.